The molecule has 435 valence electrons. The van der Waals surface area contributed by atoms with Crippen molar-refractivity contribution in [2.45, 2.75) is 86.5 Å². The number of para-hydroxylation sites is 1. The summed E-state index contributed by atoms with van der Waals surface area (Å²) in [4.78, 5) is 33.3. The summed E-state index contributed by atoms with van der Waals surface area (Å²) in [5.41, 5.74) is 20.9. The molecule has 88 heavy (non-hydrogen) atoms. The molecule has 10 heteroatoms. The summed E-state index contributed by atoms with van der Waals surface area (Å²) in [5.74, 6) is 2.68. The first-order valence-electron chi connectivity index (χ1n) is 29.4. The van der Waals surface area contributed by atoms with Gasteiger partial charge in [-0.05, 0) is 135 Å². The zero-order chi connectivity index (χ0) is 60.4. The number of aromatic amines is 1. The first kappa shape index (κ1) is 63.8. The van der Waals surface area contributed by atoms with Crippen LogP contribution in [0.3, 0.4) is 0 Å². The van der Waals surface area contributed by atoms with Gasteiger partial charge in [0.2, 0.25) is 5.52 Å². The maximum Gasteiger partial charge on any atom is 1.00 e. The molecule has 8 nitrogen and oxygen atoms in total. The molecule has 0 bridgehead atoms. The first-order chi connectivity index (χ1) is 41.3. The van der Waals surface area contributed by atoms with Gasteiger partial charge in [0.25, 0.3) is 0 Å². The van der Waals surface area contributed by atoms with Crippen molar-refractivity contribution in [1.29, 1.82) is 0 Å². The minimum Gasteiger partial charge on any atom is -0.868 e. The molecule has 3 heterocycles. The number of aryl methyl sites for hydroxylation is 2. The van der Waals surface area contributed by atoms with Gasteiger partial charge in [-0.3, -0.25) is 9.78 Å². The fourth-order valence-corrected chi connectivity index (χ4v) is 12.2. The van der Waals surface area contributed by atoms with E-state index in [2.05, 4.69) is 236 Å². The van der Waals surface area contributed by atoms with E-state index in [9.17, 15) is 9.90 Å². The number of H-pyrrole nitrogens is 1. The summed E-state index contributed by atoms with van der Waals surface area (Å²) in [6, 6.07) is 73.3. The topological polar surface area (TPSA) is 126 Å². The number of benzene rings is 9. The molecule has 2 N–H and O–H groups in total. The van der Waals surface area contributed by atoms with Crippen molar-refractivity contribution in [1.82, 2.24) is 19.9 Å². The van der Waals surface area contributed by atoms with Gasteiger partial charge < -0.3 is 10.2 Å². The number of pyridine rings is 2. The number of carbonyl (C=O) groups excluding carboxylic acids is 1. The fourth-order valence-electron chi connectivity index (χ4n) is 12.2. The number of ketones is 1. The van der Waals surface area contributed by atoms with Crippen LogP contribution in [0.4, 0.5) is 0 Å². The molecule has 0 atom stereocenters. The number of allylic oxidation sites excluding steroid dienone is 2. The van der Waals surface area contributed by atoms with Crippen molar-refractivity contribution in [2.75, 3.05) is 0 Å². The molecule has 0 unspecified atom stereocenters. The number of aromatic nitrogens is 5. The fraction of sp³-hybridized carbons (Fsp3) is 0.179. The number of carbonyl (C=O) groups is 1. The zero-order valence-corrected chi connectivity index (χ0v) is 54.3. The van der Waals surface area contributed by atoms with Crippen LogP contribution in [0.1, 0.15) is 94.3 Å². The Bertz CT molecular complexity index is 4450. The maximum atomic E-state index is 11.1. The van der Waals surface area contributed by atoms with Crippen LogP contribution in [0, 0.1) is 25.8 Å². The third kappa shape index (κ3) is 13.4. The Morgan fingerprint density at radius 1 is 0.568 bits per heavy atom. The maximum absolute atomic E-state index is 11.1. The molecule has 0 saturated carbocycles. The summed E-state index contributed by atoms with van der Waals surface area (Å²) in [5, 5.41) is 24.1. The van der Waals surface area contributed by atoms with Gasteiger partial charge in [0.15, 0.2) is 29.5 Å². The Balaban J connectivity index is 0.000000180. The molecule has 3 aromatic heterocycles. The molecule has 12 aromatic rings. The largest absolute Gasteiger partial charge is 1.00 e. The van der Waals surface area contributed by atoms with E-state index in [1.54, 1.807) is 18.3 Å². The minimum atomic E-state index is -0.125. The summed E-state index contributed by atoms with van der Waals surface area (Å²) >= 11 is 0. The summed E-state index contributed by atoms with van der Waals surface area (Å²) in [6.07, 6.45) is 4.01. The monoisotopic (exact) mass is 1320 g/mol. The van der Waals surface area contributed by atoms with Crippen LogP contribution < -0.4 is 29.0 Å². The molecule has 9 aromatic carbocycles. The van der Waals surface area contributed by atoms with E-state index in [-0.39, 0.29) is 67.1 Å². The van der Waals surface area contributed by atoms with Gasteiger partial charge >= 0.3 is 18.9 Å². The summed E-state index contributed by atoms with van der Waals surface area (Å²) < 4.78 is 0. The summed E-state index contributed by atoms with van der Waals surface area (Å²) in [6.45, 7) is 20.8. The van der Waals surface area contributed by atoms with E-state index in [0.29, 0.717) is 28.9 Å². The van der Waals surface area contributed by atoms with Crippen LogP contribution in [0.25, 0.3) is 100 Å². The quantitative estimate of drug-likeness (QED) is 0.0729. The van der Waals surface area contributed by atoms with Crippen molar-refractivity contribution in [3.8, 4) is 73.4 Å². The molecule has 0 saturated heterocycles. The Morgan fingerprint density at radius 2 is 1.09 bits per heavy atom. The number of aliphatic hydroxyl groups is 1. The van der Waals surface area contributed by atoms with Crippen molar-refractivity contribution >= 4 is 38.4 Å². The zero-order valence-electron chi connectivity index (χ0n) is 51.9. The number of nitrogens with one attached hydrogen (secondary N) is 1. The Morgan fingerprint density at radius 3 is 1.65 bits per heavy atom. The van der Waals surface area contributed by atoms with Gasteiger partial charge in [0.05, 0.1) is 11.3 Å². The predicted octanol–water partition coefficient (Wildman–Crippen LogP) is 14.9. The molecule has 1 radical (unpaired) electrons. The van der Waals surface area contributed by atoms with Gasteiger partial charge in [0, 0.05) is 70.5 Å². The molecule has 14 rings (SSSR count). The Hall–Kier alpha value is -8.67. The number of nitrogens with zero attached hydrogens (tertiary/aromatic N) is 4. The molecule has 0 aliphatic heterocycles. The summed E-state index contributed by atoms with van der Waals surface area (Å²) in [7, 11) is 0. The second kappa shape index (κ2) is 26.7. The van der Waals surface area contributed by atoms with Crippen LogP contribution in [0.15, 0.2) is 218 Å². The van der Waals surface area contributed by atoms with Crippen LogP contribution in [0.5, 0.6) is 5.75 Å². The second-order valence-corrected chi connectivity index (χ2v) is 24.0. The normalized spacial score (nSPS) is 12.8. The van der Waals surface area contributed by atoms with Gasteiger partial charge in [-0.2, -0.15) is 0 Å². The number of fused-ring (bicyclic) bond motifs is 9. The van der Waals surface area contributed by atoms with E-state index in [4.69, 9.17) is 25.0 Å². The van der Waals surface area contributed by atoms with Gasteiger partial charge in [-0.15, -0.1) is 34.9 Å². The van der Waals surface area contributed by atoms with Crippen molar-refractivity contribution in [3.05, 3.63) is 263 Å². The number of rotatable bonds is 7. The Labute approximate surface area is 542 Å². The molecule has 2 aliphatic carbocycles. The average molecular weight is 1320 g/mol. The Kier molecular flexibility index (Phi) is 19.4. The number of aliphatic hydroxyl groups excluding tert-OH is 1. The second-order valence-electron chi connectivity index (χ2n) is 24.0. The van der Waals surface area contributed by atoms with Crippen LogP contribution in [-0.2, 0) is 42.2 Å². The first-order valence-corrected chi connectivity index (χ1v) is 29.4. The van der Waals surface area contributed by atoms with E-state index in [1.807, 2.05) is 18.2 Å². The average Bonchev–Trinajstić information content (AvgIpc) is 1.83. The van der Waals surface area contributed by atoms with Gasteiger partial charge in [-0.25, -0.2) is 19.9 Å². The smallest absolute Gasteiger partial charge is 0.868 e. The van der Waals surface area contributed by atoms with Gasteiger partial charge in [-0.1, -0.05) is 201 Å². The van der Waals surface area contributed by atoms with Crippen molar-refractivity contribution < 1.29 is 59.0 Å². The van der Waals surface area contributed by atoms with Crippen LogP contribution >= 0.6 is 0 Å². The third-order valence-corrected chi connectivity index (χ3v) is 16.3. The number of hydrogen-bond donors (Lipinski definition) is 1. The predicted molar refractivity (Wildman–Crippen MR) is 350 cm³/mol. The SMILES string of the molecule is CC(=O)C=C(C)O.CC1(C)c2ccccc2-c2ccc(-c3nc(-c4ccc5c(c4)C(C)(C)c4ccccc4-5)nc(-c4ccc5ccccc5c4)n3)cc21.Cc1[c-]c(-c2ccc3c(CC(C)C)cccc3n2)cc(C)c1.[Ir].[Li+].[O-]c1cccc2ccc[nH+]c12. The molecular weight excluding hydrogens is 1250 g/mol. The van der Waals surface area contributed by atoms with Crippen LogP contribution in [0.2, 0.25) is 0 Å². The van der Waals surface area contributed by atoms with Crippen molar-refractivity contribution in [3.63, 3.8) is 0 Å². The molecule has 0 fully saturated rings. The van der Waals surface area contributed by atoms with Gasteiger partial charge in [0.1, 0.15) is 0 Å². The molecule has 0 amide bonds. The minimum absolute atomic E-state index is 0. The standard InChI is InChI=1S/C43H33N3.C21H22N.C9H7NO.C5H8O2.Ir.Li/c1-42(2)35-15-9-7-13-31(35)33-21-19-29(24-37(33)42)40-44-39(28-18-17-26-11-5-6-12-27(26)23-28)45-41(46-40)30-20-22-34-32-14-8-10-16-36(32)43(3,4)38(34)25-30;1-14(2)10-17-6-5-7-21-19(17)8-9-20(22-21)18-12-15(3)11-16(4)13-18;11-8-5-1-3-7-4-2-6-10-9(7)8;1-4(6)3-5(2)7;;/h5-25H,1-4H3;5-9,11-12,14H,10H2,1-4H3;1-6,11H;3,6H,1-2H3;;/q;-1;;;;+1. The van der Waals surface area contributed by atoms with E-state index < -0.39 is 0 Å². The third-order valence-electron chi connectivity index (χ3n) is 16.3. The molecular formula is C78H70IrLiN5O3. The van der Waals surface area contributed by atoms with E-state index in [1.165, 1.54) is 86.3 Å². The van der Waals surface area contributed by atoms with E-state index >= 15 is 0 Å². The molecule has 2 aliphatic rings. The molecule has 0 spiro atoms. The number of hydrogen-bond acceptors (Lipinski definition) is 7. The van der Waals surface area contributed by atoms with E-state index in [0.717, 1.165) is 56.2 Å². The van der Waals surface area contributed by atoms with Crippen molar-refractivity contribution in [2.24, 2.45) is 5.92 Å². The van der Waals surface area contributed by atoms with Crippen LogP contribution in [-0.4, -0.2) is 30.8 Å².